The van der Waals surface area contributed by atoms with Crippen molar-refractivity contribution in [3.63, 3.8) is 0 Å². The number of anilines is 1. The summed E-state index contributed by atoms with van der Waals surface area (Å²) in [6.45, 7) is 4.86. The summed E-state index contributed by atoms with van der Waals surface area (Å²) >= 11 is 0. The van der Waals surface area contributed by atoms with E-state index in [4.69, 9.17) is 14.2 Å². The highest BCUT2D eigenvalue weighted by Crippen LogP contribution is 2.36. The molecule has 1 spiro atoms. The van der Waals surface area contributed by atoms with Gasteiger partial charge in [-0.25, -0.2) is 0 Å². The molecule has 162 valence electrons. The number of hydrogen-bond acceptors (Lipinski definition) is 5. The number of hydrogen-bond donors (Lipinski definition) is 0. The highest BCUT2D eigenvalue weighted by atomic mass is 16.7. The van der Waals surface area contributed by atoms with E-state index in [0.29, 0.717) is 62.7 Å². The lowest BCUT2D eigenvalue weighted by atomic mass is 10.0. The third-order valence-electron chi connectivity index (χ3n) is 6.24. The number of ether oxygens (including phenoxy) is 3. The van der Waals surface area contributed by atoms with Crippen molar-refractivity contribution < 1.29 is 23.8 Å². The summed E-state index contributed by atoms with van der Waals surface area (Å²) in [6, 6.07) is 13.4. The summed E-state index contributed by atoms with van der Waals surface area (Å²) in [5.41, 5.74) is 3.39. The van der Waals surface area contributed by atoms with Gasteiger partial charge in [-0.05, 0) is 30.7 Å². The number of rotatable bonds is 3. The van der Waals surface area contributed by atoms with Crippen molar-refractivity contribution in [3.05, 3.63) is 59.2 Å². The van der Waals surface area contributed by atoms with Crippen LogP contribution in [-0.2, 0) is 20.8 Å². The van der Waals surface area contributed by atoms with E-state index < -0.39 is 5.79 Å². The molecule has 0 unspecified atom stereocenters. The Hall–Kier alpha value is -2.90. The number of fused-ring (bicyclic) bond motifs is 1. The standard InChI is InChI=1S/C24H26N2O5/c1-17-2-4-18(5-3-17)15-26-20-14-19(6-7-21(20)29-16-22(26)27)23(28)25-10-8-24(9-11-25)30-12-13-31-24/h2-7,14H,8-13,15-16H2,1H3. The minimum atomic E-state index is -0.516. The number of carbonyl (C=O) groups excluding carboxylic acids is 2. The topological polar surface area (TPSA) is 68.3 Å². The average molecular weight is 422 g/mol. The minimum Gasteiger partial charge on any atom is -0.482 e. The monoisotopic (exact) mass is 422 g/mol. The van der Waals surface area contributed by atoms with Crippen LogP contribution in [0.2, 0.25) is 0 Å². The second kappa shape index (κ2) is 7.98. The molecule has 0 aromatic heterocycles. The van der Waals surface area contributed by atoms with E-state index >= 15 is 0 Å². The molecule has 3 aliphatic rings. The zero-order chi connectivity index (χ0) is 21.4. The Balaban J connectivity index is 1.36. The van der Waals surface area contributed by atoms with Crippen molar-refractivity contribution >= 4 is 17.5 Å². The first-order valence-electron chi connectivity index (χ1n) is 10.7. The van der Waals surface area contributed by atoms with Gasteiger partial charge in [0.1, 0.15) is 5.75 Å². The van der Waals surface area contributed by atoms with Gasteiger partial charge in [0.15, 0.2) is 12.4 Å². The predicted molar refractivity (Wildman–Crippen MR) is 114 cm³/mol. The van der Waals surface area contributed by atoms with Gasteiger partial charge in [-0.3, -0.25) is 9.59 Å². The summed E-state index contributed by atoms with van der Waals surface area (Å²) in [5.74, 6) is -0.0664. The first kappa shape index (κ1) is 20.0. The molecule has 7 nitrogen and oxygen atoms in total. The number of benzene rings is 2. The van der Waals surface area contributed by atoms with Gasteiger partial charge in [0.2, 0.25) is 0 Å². The molecule has 0 atom stereocenters. The lowest BCUT2D eigenvalue weighted by Gasteiger charge is -2.37. The molecular weight excluding hydrogens is 396 g/mol. The van der Waals surface area contributed by atoms with Crippen LogP contribution < -0.4 is 9.64 Å². The number of nitrogens with zero attached hydrogens (tertiary/aromatic N) is 2. The molecular formula is C24H26N2O5. The van der Waals surface area contributed by atoms with Crippen LogP contribution in [0.1, 0.15) is 34.3 Å². The Morgan fingerprint density at radius 3 is 2.45 bits per heavy atom. The van der Waals surface area contributed by atoms with Crippen molar-refractivity contribution in [3.8, 4) is 5.75 Å². The van der Waals surface area contributed by atoms with E-state index in [1.807, 2.05) is 36.1 Å². The molecule has 5 rings (SSSR count). The van der Waals surface area contributed by atoms with Gasteiger partial charge >= 0.3 is 0 Å². The number of likely N-dealkylation sites (tertiary alicyclic amines) is 1. The molecule has 0 radical (unpaired) electrons. The van der Waals surface area contributed by atoms with Crippen molar-refractivity contribution in [2.45, 2.75) is 32.1 Å². The summed E-state index contributed by atoms with van der Waals surface area (Å²) in [4.78, 5) is 29.3. The molecule has 3 heterocycles. The van der Waals surface area contributed by atoms with Crippen LogP contribution in [0.4, 0.5) is 5.69 Å². The van der Waals surface area contributed by atoms with E-state index in [1.165, 1.54) is 5.56 Å². The highest BCUT2D eigenvalue weighted by molar-refractivity contribution is 6.01. The molecule has 2 fully saturated rings. The summed E-state index contributed by atoms with van der Waals surface area (Å²) in [7, 11) is 0. The van der Waals surface area contributed by atoms with Crippen molar-refractivity contribution in [2.75, 3.05) is 37.8 Å². The maximum absolute atomic E-state index is 13.2. The van der Waals surface area contributed by atoms with E-state index in [2.05, 4.69) is 0 Å². The number of amides is 2. The fourth-order valence-electron chi connectivity index (χ4n) is 4.40. The van der Waals surface area contributed by atoms with Gasteiger partial charge in [-0.1, -0.05) is 29.8 Å². The summed E-state index contributed by atoms with van der Waals surface area (Å²) < 4.78 is 17.1. The smallest absolute Gasteiger partial charge is 0.265 e. The van der Waals surface area contributed by atoms with Gasteiger partial charge in [-0.2, -0.15) is 0 Å². The molecule has 7 heteroatoms. The molecule has 2 aromatic carbocycles. The highest BCUT2D eigenvalue weighted by Gasteiger charge is 2.41. The second-order valence-electron chi connectivity index (χ2n) is 8.34. The van der Waals surface area contributed by atoms with Crippen molar-refractivity contribution in [2.24, 2.45) is 0 Å². The zero-order valence-electron chi connectivity index (χ0n) is 17.6. The lowest BCUT2D eigenvalue weighted by Crippen LogP contribution is -2.47. The normalized spacial score (nSPS) is 20.0. The number of piperidine rings is 1. The summed E-state index contributed by atoms with van der Waals surface area (Å²) in [6.07, 6.45) is 1.34. The third-order valence-corrected chi connectivity index (χ3v) is 6.24. The van der Waals surface area contributed by atoms with Crippen LogP contribution in [0.15, 0.2) is 42.5 Å². The average Bonchev–Trinajstić information content (AvgIpc) is 3.24. The van der Waals surface area contributed by atoms with Crippen LogP contribution in [0, 0.1) is 6.92 Å². The predicted octanol–water partition coefficient (Wildman–Crippen LogP) is 2.90. The molecule has 0 saturated carbocycles. The van der Waals surface area contributed by atoms with Gasteiger partial charge in [0, 0.05) is 31.5 Å². The molecule has 2 saturated heterocycles. The van der Waals surface area contributed by atoms with E-state index in [0.717, 1.165) is 5.56 Å². The lowest BCUT2D eigenvalue weighted by molar-refractivity contribution is -0.181. The van der Waals surface area contributed by atoms with E-state index in [1.54, 1.807) is 23.1 Å². The second-order valence-corrected chi connectivity index (χ2v) is 8.34. The summed E-state index contributed by atoms with van der Waals surface area (Å²) in [5, 5.41) is 0. The van der Waals surface area contributed by atoms with E-state index in [9.17, 15) is 9.59 Å². The Morgan fingerprint density at radius 1 is 1.03 bits per heavy atom. The van der Waals surface area contributed by atoms with Gasteiger partial charge in [0.25, 0.3) is 11.8 Å². The zero-order valence-corrected chi connectivity index (χ0v) is 17.6. The van der Waals surface area contributed by atoms with Crippen LogP contribution in [0.5, 0.6) is 5.75 Å². The van der Waals surface area contributed by atoms with Crippen LogP contribution >= 0.6 is 0 Å². The molecule has 0 N–H and O–H groups in total. The van der Waals surface area contributed by atoms with Gasteiger partial charge in [-0.15, -0.1) is 0 Å². The fourth-order valence-corrected chi connectivity index (χ4v) is 4.40. The number of carbonyl (C=O) groups is 2. The first-order chi connectivity index (χ1) is 15.0. The van der Waals surface area contributed by atoms with Crippen molar-refractivity contribution in [1.29, 1.82) is 0 Å². The van der Waals surface area contributed by atoms with Crippen LogP contribution in [0.3, 0.4) is 0 Å². The molecule has 31 heavy (non-hydrogen) atoms. The maximum atomic E-state index is 13.2. The number of aryl methyl sites for hydroxylation is 1. The Labute approximate surface area is 181 Å². The fraction of sp³-hybridized carbons (Fsp3) is 0.417. The van der Waals surface area contributed by atoms with Gasteiger partial charge < -0.3 is 24.0 Å². The molecule has 2 amide bonds. The third kappa shape index (κ3) is 3.91. The Bertz CT molecular complexity index is 988. The van der Waals surface area contributed by atoms with E-state index in [-0.39, 0.29) is 18.4 Å². The van der Waals surface area contributed by atoms with Crippen molar-refractivity contribution in [1.82, 2.24) is 4.90 Å². The minimum absolute atomic E-state index is 0.000359. The molecule has 0 aliphatic carbocycles. The van der Waals surface area contributed by atoms with Crippen LogP contribution in [0.25, 0.3) is 0 Å². The van der Waals surface area contributed by atoms with Crippen LogP contribution in [-0.4, -0.2) is 55.4 Å². The Kier molecular flexibility index (Phi) is 5.16. The first-order valence-corrected chi connectivity index (χ1v) is 10.7. The SMILES string of the molecule is Cc1ccc(CN2C(=O)COc3ccc(C(=O)N4CCC5(CC4)OCCO5)cc32)cc1. The molecule has 3 aliphatic heterocycles. The maximum Gasteiger partial charge on any atom is 0.265 e. The Morgan fingerprint density at radius 2 is 1.74 bits per heavy atom. The quantitative estimate of drug-likeness (QED) is 0.761. The molecule has 2 aromatic rings. The van der Waals surface area contributed by atoms with Gasteiger partial charge in [0.05, 0.1) is 25.4 Å². The largest absolute Gasteiger partial charge is 0.482 e. The molecule has 0 bridgehead atoms.